The van der Waals surface area contributed by atoms with E-state index in [0.29, 0.717) is 0 Å². The highest BCUT2D eigenvalue weighted by molar-refractivity contribution is 5.80. The Balaban J connectivity index is 2.69. The number of benzene rings is 1. The van der Waals surface area contributed by atoms with Crippen molar-refractivity contribution in [3.8, 4) is 0 Å². The van der Waals surface area contributed by atoms with Crippen LogP contribution in [0.2, 0.25) is 0 Å². The molecule has 1 aromatic rings. The number of hydrogen-bond donors (Lipinski definition) is 0. The second kappa shape index (κ2) is 4.75. The van der Waals surface area contributed by atoms with Gasteiger partial charge in [0.05, 0.1) is 0 Å². The van der Waals surface area contributed by atoms with E-state index >= 15 is 0 Å². The lowest BCUT2D eigenvalue weighted by Gasteiger charge is -1.99. The first-order valence-corrected chi connectivity index (χ1v) is 4.85. The molecule has 0 aliphatic heterocycles. The Bertz CT molecular complexity index is 333. The third kappa shape index (κ3) is 3.17. The summed E-state index contributed by atoms with van der Waals surface area (Å²) in [4.78, 5) is 11.0. The van der Waals surface area contributed by atoms with Crippen LogP contribution in [0.4, 0.5) is 0 Å². The molecule has 0 N–H and O–H groups in total. The topological polar surface area (TPSA) is 17.1 Å². The van der Waals surface area contributed by atoms with Gasteiger partial charge in [-0.05, 0) is 19.4 Å². The van der Waals surface area contributed by atoms with Crippen molar-refractivity contribution in [1.82, 2.24) is 0 Å². The second-order valence-corrected chi connectivity index (χ2v) is 3.67. The fourth-order valence-corrected chi connectivity index (χ4v) is 1.07. The molecule has 0 bridgehead atoms. The average Bonchev–Trinajstić information content (AvgIpc) is 2.16. The Morgan fingerprint density at radius 3 is 2.36 bits per heavy atom. The van der Waals surface area contributed by atoms with Crippen molar-refractivity contribution in [3.63, 3.8) is 0 Å². The van der Waals surface area contributed by atoms with Crippen LogP contribution < -0.4 is 0 Å². The maximum Gasteiger partial charge on any atom is 0.136 e. The van der Waals surface area contributed by atoms with Crippen LogP contribution in [0, 0.1) is 12.8 Å². The predicted octanol–water partition coefficient (Wildman–Crippen LogP) is 3.23. The smallest absolute Gasteiger partial charge is 0.136 e. The number of Topliss-reactive ketones (excluding diaryl/α,β-unsaturated/α-hetero) is 1. The minimum absolute atomic E-state index is 0.0105. The van der Waals surface area contributed by atoms with E-state index < -0.39 is 0 Å². The van der Waals surface area contributed by atoms with Gasteiger partial charge in [-0.25, -0.2) is 0 Å². The highest BCUT2D eigenvalue weighted by Crippen LogP contribution is 2.07. The molecule has 0 saturated heterocycles. The van der Waals surface area contributed by atoms with E-state index in [9.17, 15) is 4.79 Å². The molecule has 1 aromatic carbocycles. The maximum absolute atomic E-state index is 11.0. The van der Waals surface area contributed by atoms with Crippen LogP contribution in [0.3, 0.4) is 0 Å². The van der Waals surface area contributed by atoms with E-state index in [2.05, 4.69) is 31.2 Å². The molecule has 0 saturated carbocycles. The summed E-state index contributed by atoms with van der Waals surface area (Å²) in [6.07, 6.45) is 3.93. The first kappa shape index (κ1) is 10.7. The monoisotopic (exact) mass is 188 g/mol. The number of carbonyl (C=O) groups is 1. The fourth-order valence-electron chi connectivity index (χ4n) is 1.07. The SMILES string of the molecule is CC(=O)C(C)C=Cc1ccc(C)cc1. The zero-order valence-corrected chi connectivity index (χ0v) is 8.95. The van der Waals surface area contributed by atoms with Gasteiger partial charge < -0.3 is 0 Å². The first-order chi connectivity index (χ1) is 6.59. The number of ketones is 1. The summed E-state index contributed by atoms with van der Waals surface area (Å²) < 4.78 is 0. The summed E-state index contributed by atoms with van der Waals surface area (Å²) in [5.41, 5.74) is 2.39. The van der Waals surface area contributed by atoms with Gasteiger partial charge in [-0.3, -0.25) is 4.79 Å². The molecule has 74 valence electrons. The highest BCUT2D eigenvalue weighted by atomic mass is 16.1. The summed E-state index contributed by atoms with van der Waals surface area (Å²) >= 11 is 0. The quantitative estimate of drug-likeness (QED) is 0.711. The molecular formula is C13H16O. The number of rotatable bonds is 3. The summed E-state index contributed by atoms with van der Waals surface area (Å²) in [5, 5.41) is 0. The van der Waals surface area contributed by atoms with Crippen LogP contribution in [-0.2, 0) is 4.79 Å². The van der Waals surface area contributed by atoms with Crippen molar-refractivity contribution in [3.05, 3.63) is 41.5 Å². The van der Waals surface area contributed by atoms with Crippen molar-refractivity contribution >= 4 is 11.9 Å². The Morgan fingerprint density at radius 1 is 1.29 bits per heavy atom. The number of allylic oxidation sites excluding steroid dienone is 1. The van der Waals surface area contributed by atoms with Crippen LogP contribution in [0.25, 0.3) is 6.08 Å². The molecule has 0 spiro atoms. The van der Waals surface area contributed by atoms with E-state index in [-0.39, 0.29) is 11.7 Å². The molecule has 1 nitrogen and oxygen atoms in total. The van der Waals surface area contributed by atoms with Crippen molar-refractivity contribution in [2.24, 2.45) is 5.92 Å². The van der Waals surface area contributed by atoms with Gasteiger partial charge >= 0.3 is 0 Å². The van der Waals surface area contributed by atoms with Crippen LogP contribution in [0.15, 0.2) is 30.3 Å². The van der Waals surface area contributed by atoms with E-state index in [1.807, 2.05) is 19.1 Å². The van der Waals surface area contributed by atoms with Gasteiger partial charge in [0.25, 0.3) is 0 Å². The van der Waals surface area contributed by atoms with Gasteiger partial charge in [-0.2, -0.15) is 0 Å². The largest absolute Gasteiger partial charge is 0.299 e. The van der Waals surface area contributed by atoms with Gasteiger partial charge in [0.1, 0.15) is 5.78 Å². The zero-order valence-electron chi connectivity index (χ0n) is 8.95. The molecule has 0 radical (unpaired) electrons. The molecule has 14 heavy (non-hydrogen) atoms. The minimum Gasteiger partial charge on any atom is -0.299 e. The molecule has 0 aliphatic carbocycles. The van der Waals surface area contributed by atoms with Crippen LogP contribution >= 0.6 is 0 Å². The Hall–Kier alpha value is -1.37. The van der Waals surface area contributed by atoms with Crippen molar-refractivity contribution in [2.75, 3.05) is 0 Å². The Morgan fingerprint density at radius 2 is 1.86 bits per heavy atom. The predicted molar refractivity (Wildman–Crippen MR) is 60.1 cm³/mol. The van der Waals surface area contributed by atoms with E-state index in [0.717, 1.165) is 5.56 Å². The lowest BCUT2D eigenvalue weighted by atomic mass is 10.1. The van der Waals surface area contributed by atoms with Crippen LogP contribution in [0.5, 0.6) is 0 Å². The summed E-state index contributed by atoms with van der Waals surface area (Å²) in [6.45, 7) is 5.59. The standard InChI is InChI=1S/C13H16O/c1-10-4-7-13(8-5-10)9-6-11(2)12(3)14/h4-9,11H,1-3H3. The minimum atomic E-state index is 0.0105. The van der Waals surface area contributed by atoms with E-state index in [1.54, 1.807) is 6.92 Å². The number of hydrogen-bond acceptors (Lipinski definition) is 1. The van der Waals surface area contributed by atoms with E-state index in [1.165, 1.54) is 5.56 Å². The Labute approximate surface area is 85.5 Å². The molecule has 0 fully saturated rings. The normalized spacial score (nSPS) is 13.1. The van der Waals surface area contributed by atoms with Gasteiger partial charge in [-0.15, -0.1) is 0 Å². The van der Waals surface area contributed by atoms with Crippen molar-refractivity contribution < 1.29 is 4.79 Å². The maximum atomic E-state index is 11.0. The Kier molecular flexibility index (Phi) is 3.63. The average molecular weight is 188 g/mol. The fraction of sp³-hybridized carbons (Fsp3) is 0.308. The lowest BCUT2D eigenvalue weighted by Crippen LogP contribution is -2.01. The first-order valence-electron chi connectivity index (χ1n) is 4.85. The summed E-state index contributed by atoms with van der Waals surface area (Å²) in [6, 6.07) is 8.24. The number of carbonyl (C=O) groups excluding carboxylic acids is 1. The van der Waals surface area contributed by atoms with Gasteiger partial charge in [0, 0.05) is 5.92 Å². The third-order valence-corrected chi connectivity index (χ3v) is 2.30. The molecule has 1 unspecified atom stereocenters. The van der Waals surface area contributed by atoms with E-state index in [4.69, 9.17) is 0 Å². The summed E-state index contributed by atoms with van der Waals surface area (Å²) in [7, 11) is 0. The molecule has 0 heterocycles. The van der Waals surface area contributed by atoms with Crippen molar-refractivity contribution in [2.45, 2.75) is 20.8 Å². The number of aryl methyl sites for hydroxylation is 1. The molecule has 0 aliphatic rings. The molecule has 0 amide bonds. The molecule has 0 aromatic heterocycles. The van der Waals surface area contributed by atoms with Crippen LogP contribution in [0.1, 0.15) is 25.0 Å². The lowest BCUT2D eigenvalue weighted by molar-refractivity contribution is -0.118. The van der Waals surface area contributed by atoms with Crippen LogP contribution in [-0.4, -0.2) is 5.78 Å². The van der Waals surface area contributed by atoms with Gasteiger partial charge in [0.15, 0.2) is 0 Å². The molecule has 1 atom stereocenters. The van der Waals surface area contributed by atoms with Crippen molar-refractivity contribution in [1.29, 1.82) is 0 Å². The molecular weight excluding hydrogens is 172 g/mol. The van der Waals surface area contributed by atoms with Gasteiger partial charge in [-0.1, -0.05) is 48.9 Å². The molecule has 1 heteroatoms. The third-order valence-electron chi connectivity index (χ3n) is 2.30. The van der Waals surface area contributed by atoms with Gasteiger partial charge in [0.2, 0.25) is 0 Å². The summed E-state index contributed by atoms with van der Waals surface area (Å²) in [5.74, 6) is 0.213. The highest BCUT2D eigenvalue weighted by Gasteiger charge is 2.01. The molecule has 1 rings (SSSR count). The zero-order chi connectivity index (χ0) is 10.6. The second-order valence-electron chi connectivity index (χ2n) is 3.67.